The van der Waals surface area contributed by atoms with Crippen LogP contribution < -0.4 is 21.6 Å². The average Bonchev–Trinajstić information content (AvgIpc) is 2.59. The van der Waals surface area contributed by atoms with Crippen LogP contribution in [0.25, 0.3) is 11.0 Å². The largest absolute Gasteiger partial charge is 0.421 e. The summed E-state index contributed by atoms with van der Waals surface area (Å²) in [6, 6.07) is 7.10. The SMILES string of the molecule is CCNc1c(NC(=O)NC2CCCCC2)c(=O)oc2ccccc12. The molecule has 128 valence electrons. The number of carbonyl (C=O) groups excluding carboxylic acids is 1. The Kier molecular flexibility index (Phi) is 5.03. The van der Waals surface area contributed by atoms with Crippen LogP contribution in [0.5, 0.6) is 0 Å². The quantitative estimate of drug-likeness (QED) is 0.747. The maximum Gasteiger partial charge on any atom is 0.362 e. The predicted molar refractivity (Wildman–Crippen MR) is 95.7 cm³/mol. The minimum Gasteiger partial charge on any atom is -0.421 e. The van der Waals surface area contributed by atoms with Crippen molar-refractivity contribution in [3.63, 3.8) is 0 Å². The zero-order chi connectivity index (χ0) is 16.9. The summed E-state index contributed by atoms with van der Waals surface area (Å²) in [4.78, 5) is 24.6. The van der Waals surface area contributed by atoms with Crippen molar-refractivity contribution in [1.29, 1.82) is 0 Å². The van der Waals surface area contributed by atoms with Gasteiger partial charge in [0, 0.05) is 18.0 Å². The van der Waals surface area contributed by atoms with E-state index in [1.165, 1.54) is 6.42 Å². The molecule has 2 amide bonds. The lowest BCUT2D eigenvalue weighted by Crippen LogP contribution is -2.40. The predicted octanol–water partition coefficient (Wildman–Crippen LogP) is 3.68. The Morgan fingerprint density at radius 1 is 1.17 bits per heavy atom. The van der Waals surface area contributed by atoms with Crippen LogP contribution >= 0.6 is 0 Å². The number of hydrogen-bond donors (Lipinski definition) is 3. The molecule has 1 aliphatic rings. The van der Waals surface area contributed by atoms with Crippen molar-refractivity contribution in [2.75, 3.05) is 17.2 Å². The zero-order valence-electron chi connectivity index (χ0n) is 13.9. The Balaban J connectivity index is 1.87. The summed E-state index contributed by atoms with van der Waals surface area (Å²) >= 11 is 0. The molecule has 0 unspecified atom stereocenters. The van der Waals surface area contributed by atoms with Crippen LogP contribution in [0.2, 0.25) is 0 Å². The fraction of sp³-hybridized carbons (Fsp3) is 0.444. The number of anilines is 2. The smallest absolute Gasteiger partial charge is 0.362 e. The van der Waals surface area contributed by atoms with Gasteiger partial charge in [-0.25, -0.2) is 9.59 Å². The van der Waals surface area contributed by atoms with Crippen LogP contribution in [0.15, 0.2) is 33.5 Å². The first-order valence-electron chi connectivity index (χ1n) is 8.56. The van der Waals surface area contributed by atoms with Crippen LogP contribution in [0.1, 0.15) is 39.0 Å². The summed E-state index contributed by atoms with van der Waals surface area (Å²) in [5.41, 5.74) is 0.701. The van der Waals surface area contributed by atoms with Crippen LogP contribution in [0.3, 0.4) is 0 Å². The molecular weight excluding hydrogens is 306 g/mol. The summed E-state index contributed by atoms with van der Waals surface area (Å²) in [6.45, 7) is 2.57. The second-order valence-electron chi connectivity index (χ2n) is 6.10. The number of fused-ring (bicyclic) bond motifs is 1. The fourth-order valence-corrected chi connectivity index (χ4v) is 3.21. The van der Waals surface area contributed by atoms with Crippen molar-refractivity contribution in [2.24, 2.45) is 0 Å². The van der Waals surface area contributed by atoms with Gasteiger partial charge in [-0.05, 0) is 31.9 Å². The molecule has 6 nitrogen and oxygen atoms in total. The van der Waals surface area contributed by atoms with Crippen molar-refractivity contribution in [2.45, 2.75) is 45.1 Å². The van der Waals surface area contributed by atoms with Gasteiger partial charge in [-0.15, -0.1) is 0 Å². The lowest BCUT2D eigenvalue weighted by atomic mass is 9.96. The van der Waals surface area contributed by atoms with Gasteiger partial charge >= 0.3 is 11.7 Å². The molecule has 1 aliphatic carbocycles. The molecular formula is C18H23N3O3. The maximum absolute atomic E-state index is 12.3. The van der Waals surface area contributed by atoms with Gasteiger partial charge in [0.1, 0.15) is 5.58 Å². The molecule has 0 spiro atoms. The Bertz CT molecular complexity index is 779. The lowest BCUT2D eigenvalue weighted by molar-refractivity contribution is 0.244. The van der Waals surface area contributed by atoms with E-state index in [0.29, 0.717) is 17.8 Å². The third-order valence-corrected chi connectivity index (χ3v) is 4.35. The van der Waals surface area contributed by atoms with Crippen molar-refractivity contribution < 1.29 is 9.21 Å². The number of amides is 2. The van der Waals surface area contributed by atoms with Gasteiger partial charge in [-0.1, -0.05) is 31.4 Å². The highest BCUT2D eigenvalue weighted by Gasteiger charge is 2.19. The maximum atomic E-state index is 12.3. The molecule has 1 heterocycles. The number of nitrogens with one attached hydrogen (secondary N) is 3. The normalized spacial score (nSPS) is 15.2. The highest BCUT2D eigenvalue weighted by Crippen LogP contribution is 2.28. The first-order valence-corrected chi connectivity index (χ1v) is 8.56. The molecule has 3 rings (SSSR count). The van der Waals surface area contributed by atoms with E-state index in [1.807, 2.05) is 25.1 Å². The van der Waals surface area contributed by atoms with Gasteiger partial charge in [0.05, 0.1) is 5.69 Å². The third-order valence-electron chi connectivity index (χ3n) is 4.35. The number of para-hydroxylation sites is 1. The van der Waals surface area contributed by atoms with Gasteiger partial charge in [-0.2, -0.15) is 0 Å². The number of benzene rings is 1. The first-order chi connectivity index (χ1) is 11.7. The minimum absolute atomic E-state index is 0.156. The second-order valence-corrected chi connectivity index (χ2v) is 6.10. The molecule has 0 radical (unpaired) electrons. The van der Waals surface area contributed by atoms with E-state index in [0.717, 1.165) is 31.1 Å². The number of rotatable bonds is 4. The first kappa shape index (κ1) is 16.4. The van der Waals surface area contributed by atoms with Crippen molar-refractivity contribution >= 4 is 28.4 Å². The zero-order valence-corrected chi connectivity index (χ0v) is 13.9. The van der Waals surface area contributed by atoms with Crippen molar-refractivity contribution in [3.8, 4) is 0 Å². The van der Waals surface area contributed by atoms with E-state index in [1.54, 1.807) is 6.07 Å². The molecule has 6 heteroatoms. The van der Waals surface area contributed by atoms with E-state index in [9.17, 15) is 9.59 Å². The summed E-state index contributed by atoms with van der Waals surface area (Å²) in [5.74, 6) is 0. The van der Waals surface area contributed by atoms with E-state index in [4.69, 9.17) is 4.42 Å². The molecule has 0 aliphatic heterocycles. The van der Waals surface area contributed by atoms with E-state index < -0.39 is 5.63 Å². The van der Waals surface area contributed by atoms with E-state index in [2.05, 4.69) is 16.0 Å². The topological polar surface area (TPSA) is 83.4 Å². The monoisotopic (exact) mass is 329 g/mol. The standard InChI is InChI=1S/C18H23N3O3/c1-2-19-15-13-10-6-7-11-14(13)24-17(22)16(15)21-18(23)20-12-8-4-3-5-9-12/h6-7,10-12,19H,2-5,8-9H2,1H3,(H2,20,21,23). The van der Waals surface area contributed by atoms with Crippen LogP contribution in [0.4, 0.5) is 16.2 Å². The van der Waals surface area contributed by atoms with Gasteiger partial charge in [0.15, 0.2) is 5.69 Å². The molecule has 1 aromatic heterocycles. The van der Waals surface area contributed by atoms with Crippen molar-refractivity contribution in [3.05, 3.63) is 34.7 Å². The Morgan fingerprint density at radius 3 is 2.67 bits per heavy atom. The molecule has 1 saturated carbocycles. The number of hydrogen-bond acceptors (Lipinski definition) is 4. The molecule has 1 fully saturated rings. The lowest BCUT2D eigenvalue weighted by Gasteiger charge is -2.23. The molecule has 0 atom stereocenters. The Morgan fingerprint density at radius 2 is 1.92 bits per heavy atom. The summed E-state index contributed by atoms with van der Waals surface area (Å²) in [7, 11) is 0. The number of urea groups is 1. The summed E-state index contributed by atoms with van der Waals surface area (Å²) < 4.78 is 5.33. The van der Waals surface area contributed by atoms with Crippen LogP contribution in [-0.4, -0.2) is 18.6 Å². The second kappa shape index (κ2) is 7.38. The summed E-state index contributed by atoms with van der Waals surface area (Å²) in [6.07, 6.45) is 5.45. The van der Waals surface area contributed by atoms with E-state index >= 15 is 0 Å². The van der Waals surface area contributed by atoms with Gasteiger partial charge < -0.3 is 15.1 Å². The molecule has 0 saturated heterocycles. The molecule has 1 aromatic carbocycles. The molecule has 0 bridgehead atoms. The Labute approximate surface area is 140 Å². The highest BCUT2D eigenvalue weighted by molar-refractivity contribution is 6.01. The van der Waals surface area contributed by atoms with E-state index in [-0.39, 0.29) is 17.8 Å². The number of carbonyl (C=O) groups is 1. The highest BCUT2D eigenvalue weighted by atomic mass is 16.4. The Hall–Kier alpha value is -2.50. The van der Waals surface area contributed by atoms with Crippen LogP contribution in [0, 0.1) is 0 Å². The van der Waals surface area contributed by atoms with Gasteiger partial charge in [-0.3, -0.25) is 5.32 Å². The summed E-state index contributed by atoms with van der Waals surface area (Å²) in [5, 5.41) is 9.57. The molecule has 2 aromatic rings. The molecule has 3 N–H and O–H groups in total. The molecule has 24 heavy (non-hydrogen) atoms. The average molecular weight is 329 g/mol. The van der Waals surface area contributed by atoms with Crippen LogP contribution in [-0.2, 0) is 0 Å². The third kappa shape index (κ3) is 3.53. The van der Waals surface area contributed by atoms with Gasteiger partial charge in [0.2, 0.25) is 0 Å². The van der Waals surface area contributed by atoms with Gasteiger partial charge in [0.25, 0.3) is 0 Å². The van der Waals surface area contributed by atoms with Crippen molar-refractivity contribution in [1.82, 2.24) is 5.32 Å². The fourth-order valence-electron chi connectivity index (χ4n) is 3.21. The minimum atomic E-state index is -0.552.